The highest BCUT2D eigenvalue weighted by Gasteiger charge is 2.59. The van der Waals surface area contributed by atoms with E-state index in [0.29, 0.717) is 31.1 Å². The Labute approximate surface area is 151 Å². The lowest BCUT2D eigenvalue weighted by molar-refractivity contribution is -0.141. The molecule has 2 atom stereocenters. The normalized spacial score (nSPS) is 28.5. The first-order chi connectivity index (χ1) is 12.0. The first-order valence-corrected chi connectivity index (χ1v) is 9.77. The minimum absolute atomic E-state index is 0.00683. The molecule has 2 unspecified atom stereocenters. The van der Waals surface area contributed by atoms with Crippen molar-refractivity contribution in [2.24, 2.45) is 11.3 Å². The van der Waals surface area contributed by atoms with E-state index in [1.54, 1.807) is 11.8 Å². The van der Waals surface area contributed by atoms with Crippen LogP contribution in [0.3, 0.4) is 0 Å². The Morgan fingerprint density at radius 2 is 1.76 bits per heavy atom. The lowest BCUT2D eigenvalue weighted by atomic mass is 9.79. The van der Waals surface area contributed by atoms with Crippen LogP contribution in [0.15, 0.2) is 17.5 Å². The zero-order chi connectivity index (χ0) is 17.6. The van der Waals surface area contributed by atoms with Gasteiger partial charge in [-0.1, -0.05) is 6.07 Å². The van der Waals surface area contributed by atoms with E-state index in [0.717, 1.165) is 25.9 Å². The SMILES string of the molecule is CC(=O)N1CC2CN(C(=O)c3cccs3)CC2(C(=O)N2CCCC2)C1. The number of rotatable bonds is 2. The topological polar surface area (TPSA) is 60.9 Å². The number of thiophene rings is 1. The summed E-state index contributed by atoms with van der Waals surface area (Å²) in [6.45, 7) is 5.15. The fourth-order valence-corrected chi connectivity index (χ4v) is 5.24. The van der Waals surface area contributed by atoms with E-state index < -0.39 is 5.41 Å². The summed E-state index contributed by atoms with van der Waals surface area (Å²) in [5.41, 5.74) is -0.622. The predicted octanol–water partition coefficient (Wildman–Crippen LogP) is 1.29. The third-order valence-electron chi connectivity index (χ3n) is 5.89. The van der Waals surface area contributed by atoms with Crippen LogP contribution >= 0.6 is 11.3 Å². The van der Waals surface area contributed by atoms with Gasteiger partial charge in [0.25, 0.3) is 5.91 Å². The van der Waals surface area contributed by atoms with E-state index in [1.165, 1.54) is 11.3 Å². The molecule has 25 heavy (non-hydrogen) atoms. The van der Waals surface area contributed by atoms with Crippen LogP contribution in [0.5, 0.6) is 0 Å². The zero-order valence-corrected chi connectivity index (χ0v) is 15.3. The van der Waals surface area contributed by atoms with Gasteiger partial charge in [-0.2, -0.15) is 0 Å². The lowest BCUT2D eigenvalue weighted by Gasteiger charge is -2.32. The molecule has 3 aliphatic heterocycles. The van der Waals surface area contributed by atoms with Crippen LogP contribution in [0.2, 0.25) is 0 Å². The summed E-state index contributed by atoms with van der Waals surface area (Å²) in [4.78, 5) is 44.2. The van der Waals surface area contributed by atoms with E-state index in [-0.39, 0.29) is 23.6 Å². The Kier molecular flexibility index (Phi) is 4.06. The molecular weight excluding hydrogens is 338 g/mol. The van der Waals surface area contributed by atoms with Gasteiger partial charge in [-0.15, -0.1) is 11.3 Å². The average Bonchev–Trinajstić information content (AvgIpc) is 3.36. The summed E-state index contributed by atoms with van der Waals surface area (Å²) in [6.07, 6.45) is 2.08. The van der Waals surface area contributed by atoms with Gasteiger partial charge in [0.1, 0.15) is 0 Å². The molecule has 0 saturated carbocycles. The molecule has 3 saturated heterocycles. The molecule has 0 aromatic carbocycles. The van der Waals surface area contributed by atoms with E-state index in [2.05, 4.69) is 0 Å². The monoisotopic (exact) mass is 361 g/mol. The first kappa shape index (κ1) is 16.6. The molecule has 0 spiro atoms. The fraction of sp³-hybridized carbons (Fsp3) is 0.611. The Morgan fingerprint density at radius 3 is 2.40 bits per heavy atom. The quantitative estimate of drug-likeness (QED) is 0.798. The van der Waals surface area contributed by atoms with Crippen LogP contribution in [-0.2, 0) is 9.59 Å². The van der Waals surface area contributed by atoms with E-state index in [1.807, 2.05) is 27.3 Å². The van der Waals surface area contributed by atoms with Crippen molar-refractivity contribution < 1.29 is 14.4 Å². The van der Waals surface area contributed by atoms with Gasteiger partial charge in [0.2, 0.25) is 11.8 Å². The number of amides is 3. The van der Waals surface area contributed by atoms with E-state index >= 15 is 0 Å². The second-order valence-electron chi connectivity index (χ2n) is 7.41. The molecule has 0 radical (unpaired) electrons. The molecule has 3 fully saturated rings. The maximum absolute atomic E-state index is 13.3. The van der Waals surface area contributed by atoms with Gasteiger partial charge in [-0.3, -0.25) is 14.4 Å². The van der Waals surface area contributed by atoms with Crippen molar-refractivity contribution >= 4 is 29.1 Å². The lowest BCUT2D eigenvalue weighted by Crippen LogP contribution is -2.49. The van der Waals surface area contributed by atoms with Crippen molar-refractivity contribution in [1.29, 1.82) is 0 Å². The molecule has 1 aromatic heterocycles. The average molecular weight is 361 g/mol. The molecule has 4 rings (SSSR count). The number of carbonyl (C=O) groups is 3. The summed E-state index contributed by atoms with van der Waals surface area (Å²) in [5, 5.41) is 1.90. The van der Waals surface area contributed by atoms with Crippen molar-refractivity contribution in [2.45, 2.75) is 19.8 Å². The summed E-state index contributed by atoms with van der Waals surface area (Å²) >= 11 is 1.43. The molecule has 1 aromatic rings. The number of hydrogen-bond acceptors (Lipinski definition) is 4. The van der Waals surface area contributed by atoms with Crippen LogP contribution in [0.1, 0.15) is 29.4 Å². The van der Waals surface area contributed by atoms with Gasteiger partial charge in [-0.05, 0) is 24.3 Å². The van der Waals surface area contributed by atoms with Crippen molar-refractivity contribution in [3.8, 4) is 0 Å². The summed E-state index contributed by atoms with van der Waals surface area (Å²) < 4.78 is 0. The van der Waals surface area contributed by atoms with Gasteiger partial charge in [0.15, 0.2) is 0 Å². The molecule has 0 aliphatic carbocycles. The maximum atomic E-state index is 13.3. The van der Waals surface area contributed by atoms with E-state index in [4.69, 9.17) is 0 Å². The summed E-state index contributed by atoms with van der Waals surface area (Å²) in [5.74, 6) is 0.195. The van der Waals surface area contributed by atoms with Gasteiger partial charge in [0, 0.05) is 52.1 Å². The second kappa shape index (κ2) is 6.12. The number of fused-ring (bicyclic) bond motifs is 1. The van der Waals surface area contributed by atoms with Crippen LogP contribution in [0, 0.1) is 11.3 Å². The van der Waals surface area contributed by atoms with Crippen LogP contribution < -0.4 is 0 Å². The molecule has 0 N–H and O–H groups in total. The summed E-state index contributed by atoms with van der Waals surface area (Å²) in [7, 11) is 0. The largest absolute Gasteiger partial charge is 0.342 e. The third-order valence-corrected chi connectivity index (χ3v) is 6.75. The standard InChI is InChI=1S/C18H23N3O3S/c1-13(22)20-9-14-10-21(16(23)15-5-4-8-25-15)12-18(14,11-20)17(24)19-6-2-3-7-19/h4-5,8,14H,2-3,6-7,9-12H2,1H3. The first-order valence-electron chi connectivity index (χ1n) is 8.89. The molecule has 3 amide bonds. The van der Waals surface area contributed by atoms with Gasteiger partial charge >= 0.3 is 0 Å². The smallest absolute Gasteiger partial charge is 0.263 e. The number of hydrogen-bond donors (Lipinski definition) is 0. The van der Waals surface area contributed by atoms with Crippen molar-refractivity contribution in [2.75, 3.05) is 39.3 Å². The van der Waals surface area contributed by atoms with Crippen LogP contribution in [0.25, 0.3) is 0 Å². The minimum Gasteiger partial charge on any atom is -0.342 e. The zero-order valence-electron chi connectivity index (χ0n) is 14.4. The molecule has 3 aliphatic rings. The molecule has 7 heteroatoms. The number of likely N-dealkylation sites (tertiary alicyclic amines) is 3. The maximum Gasteiger partial charge on any atom is 0.263 e. The fourth-order valence-electron chi connectivity index (χ4n) is 4.55. The number of nitrogens with zero attached hydrogens (tertiary/aromatic N) is 3. The number of carbonyl (C=O) groups excluding carboxylic acids is 3. The molecular formula is C18H23N3O3S. The van der Waals surface area contributed by atoms with Gasteiger partial charge < -0.3 is 14.7 Å². The highest BCUT2D eigenvalue weighted by Crippen LogP contribution is 2.45. The second-order valence-corrected chi connectivity index (χ2v) is 8.36. The highest BCUT2D eigenvalue weighted by atomic mass is 32.1. The molecule has 134 valence electrons. The molecule has 0 bridgehead atoms. The Hall–Kier alpha value is -1.89. The van der Waals surface area contributed by atoms with Gasteiger partial charge in [0.05, 0.1) is 10.3 Å². The van der Waals surface area contributed by atoms with Crippen molar-refractivity contribution in [3.05, 3.63) is 22.4 Å². The Bertz CT molecular complexity index is 698. The van der Waals surface area contributed by atoms with Crippen LogP contribution in [0.4, 0.5) is 0 Å². The summed E-state index contributed by atoms with van der Waals surface area (Å²) in [6, 6.07) is 3.70. The Balaban J connectivity index is 1.61. The minimum atomic E-state index is -0.622. The van der Waals surface area contributed by atoms with Crippen LogP contribution in [-0.4, -0.2) is 71.7 Å². The van der Waals surface area contributed by atoms with Crippen molar-refractivity contribution in [1.82, 2.24) is 14.7 Å². The Morgan fingerprint density at radius 1 is 1.08 bits per heavy atom. The molecule has 4 heterocycles. The van der Waals surface area contributed by atoms with Crippen molar-refractivity contribution in [3.63, 3.8) is 0 Å². The molecule has 6 nitrogen and oxygen atoms in total. The van der Waals surface area contributed by atoms with Gasteiger partial charge in [-0.25, -0.2) is 0 Å². The highest BCUT2D eigenvalue weighted by molar-refractivity contribution is 7.12. The third kappa shape index (κ3) is 2.65. The van der Waals surface area contributed by atoms with E-state index in [9.17, 15) is 14.4 Å². The predicted molar refractivity (Wildman–Crippen MR) is 94.2 cm³/mol.